The van der Waals surface area contributed by atoms with E-state index < -0.39 is 40.0 Å². The largest absolute Gasteiger partial charge is 0.443 e. The van der Waals surface area contributed by atoms with E-state index in [2.05, 4.69) is 54.2 Å². The Kier molecular flexibility index (Phi) is 9.83. The van der Waals surface area contributed by atoms with Gasteiger partial charge in [-0.3, -0.25) is 4.90 Å². The molecule has 2 aromatic carbocycles. The van der Waals surface area contributed by atoms with Crippen LogP contribution in [0, 0.1) is 29.1 Å². The van der Waals surface area contributed by atoms with Crippen molar-refractivity contribution in [1.82, 2.24) is 28.9 Å². The van der Waals surface area contributed by atoms with Crippen molar-refractivity contribution in [3.8, 4) is 6.07 Å². The fraction of sp³-hybridized carbons (Fsp3) is 0.538. The molecule has 2 aromatic heterocycles. The van der Waals surface area contributed by atoms with Gasteiger partial charge in [0.25, 0.3) is 0 Å². The van der Waals surface area contributed by atoms with Crippen LogP contribution in [0.2, 0.25) is 0 Å². The summed E-state index contributed by atoms with van der Waals surface area (Å²) in [6.45, 7) is 11.9. The first-order valence-corrected chi connectivity index (χ1v) is 20.1. The predicted octanol–water partition coefficient (Wildman–Crippen LogP) is 6.68. The van der Waals surface area contributed by atoms with Crippen molar-refractivity contribution < 1.29 is 31.1 Å². The molecular formula is C39H46ClF3N8O4S. The number of fused-ring (bicyclic) bond motifs is 2. The molecule has 3 aliphatic carbocycles. The van der Waals surface area contributed by atoms with E-state index in [9.17, 15) is 31.6 Å². The van der Waals surface area contributed by atoms with Crippen molar-refractivity contribution in [2.45, 2.75) is 96.6 Å². The maximum absolute atomic E-state index is 13.1. The number of carbonyl (C=O) groups is 1. The van der Waals surface area contributed by atoms with Crippen LogP contribution >= 0.6 is 12.4 Å². The van der Waals surface area contributed by atoms with E-state index in [1.807, 2.05) is 10.8 Å². The molecule has 1 amide bonds. The molecule has 2 saturated heterocycles. The maximum Gasteiger partial charge on any atom is 0.422 e. The summed E-state index contributed by atoms with van der Waals surface area (Å²) in [6.07, 6.45) is -0.939. The van der Waals surface area contributed by atoms with Gasteiger partial charge in [0, 0.05) is 53.4 Å². The van der Waals surface area contributed by atoms with Gasteiger partial charge in [-0.1, -0.05) is 12.1 Å². The third kappa shape index (κ3) is 7.75. The van der Waals surface area contributed by atoms with Gasteiger partial charge in [-0.15, -0.1) is 12.4 Å². The smallest absolute Gasteiger partial charge is 0.422 e. The van der Waals surface area contributed by atoms with Gasteiger partial charge in [0.2, 0.25) is 0 Å². The molecule has 56 heavy (non-hydrogen) atoms. The van der Waals surface area contributed by atoms with E-state index in [-0.39, 0.29) is 28.8 Å². The Morgan fingerprint density at radius 3 is 2.36 bits per heavy atom. The number of carbonyl (C=O) groups excluding carboxylic acids is 1. The van der Waals surface area contributed by atoms with Crippen LogP contribution in [0.25, 0.3) is 21.8 Å². The van der Waals surface area contributed by atoms with E-state index in [0.29, 0.717) is 48.2 Å². The number of ether oxygens (including phenoxy) is 1. The number of rotatable bonds is 9. The van der Waals surface area contributed by atoms with Gasteiger partial charge < -0.3 is 14.2 Å². The Balaban J connectivity index is 0.00000480. The SMILES string of the molecule is Cc1c(CN2CCC3(CC2)CN(c2ncnc4ccc(CC(F)(F)F)cc24)C3)ccc2c1cc(C#N)n2CC12CC(NS(=O)(=O)NC(=O)OC(C)(C)C)(C1)C2.Cl. The highest BCUT2D eigenvalue weighted by Crippen LogP contribution is 2.68. The van der Waals surface area contributed by atoms with E-state index in [1.165, 1.54) is 18.0 Å². The number of likely N-dealkylation sites (tertiary alicyclic amines) is 1. The zero-order valence-electron chi connectivity index (χ0n) is 31.8. The van der Waals surface area contributed by atoms with Crippen LogP contribution in [0.1, 0.15) is 75.3 Å². The minimum Gasteiger partial charge on any atom is -0.443 e. The third-order valence-corrected chi connectivity index (χ3v) is 13.1. The van der Waals surface area contributed by atoms with Gasteiger partial charge in [0.15, 0.2) is 0 Å². The van der Waals surface area contributed by atoms with Crippen molar-refractivity contribution in [1.29, 1.82) is 5.26 Å². The van der Waals surface area contributed by atoms with Crippen molar-refractivity contribution in [2.24, 2.45) is 10.8 Å². The molecule has 300 valence electrons. The van der Waals surface area contributed by atoms with Crippen LogP contribution in [-0.4, -0.2) is 77.4 Å². The Hall–Kier alpha value is -4.17. The van der Waals surface area contributed by atoms with Crippen molar-refractivity contribution in [3.05, 3.63) is 65.1 Å². The molecule has 2 bridgehead atoms. The van der Waals surface area contributed by atoms with Crippen LogP contribution in [0.15, 0.2) is 42.7 Å². The van der Waals surface area contributed by atoms with Gasteiger partial charge in [-0.25, -0.2) is 19.5 Å². The van der Waals surface area contributed by atoms with Crippen molar-refractivity contribution in [2.75, 3.05) is 31.1 Å². The van der Waals surface area contributed by atoms with E-state index in [4.69, 9.17) is 4.74 Å². The number of nitrogens with one attached hydrogen (secondary N) is 2. The highest BCUT2D eigenvalue weighted by molar-refractivity contribution is 7.88. The Labute approximate surface area is 330 Å². The summed E-state index contributed by atoms with van der Waals surface area (Å²) in [5.41, 5.74) is 3.33. The number of nitrogens with zero attached hydrogens (tertiary/aromatic N) is 6. The number of anilines is 1. The second-order valence-corrected chi connectivity index (χ2v) is 18.9. The summed E-state index contributed by atoms with van der Waals surface area (Å²) in [4.78, 5) is 25.5. The molecule has 4 aromatic rings. The monoisotopic (exact) mass is 814 g/mol. The van der Waals surface area contributed by atoms with E-state index >= 15 is 0 Å². The lowest BCUT2D eigenvalue weighted by Gasteiger charge is -2.70. The highest BCUT2D eigenvalue weighted by Gasteiger charge is 2.69. The van der Waals surface area contributed by atoms with Gasteiger partial charge in [0.1, 0.15) is 29.5 Å². The number of aryl methyl sites for hydroxylation is 1. The maximum atomic E-state index is 13.1. The van der Waals surface area contributed by atoms with Gasteiger partial charge in [-0.05, 0) is 119 Å². The molecule has 4 heterocycles. The third-order valence-electron chi connectivity index (χ3n) is 11.9. The van der Waals surface area contributed by atoms with Crippen LogP contribution in [0.3, 0.4) is 0 Å². The summed E-state index contributed by atoms with van der Waals surface area (Å²) in [5, 5.41) is 11.8. The first-order valence-electron chi connectivity index (χ1n) is 18.6. The van der Waals surface area contributed by atoms with Gasteiger partial charge in [-0.2, -0.15) is 31.6 Å². The fourth-order valence-corrected chi connectivity index (χ4v) is 10.7. The van der Waals surface area contributed by atoms with E-state index in [1.54, 1.807) is 32.9 Å². The fourth-order valence-electron chi connectivity index (χ4n) is 9.62. The molecule has 0 unspecified atom stereocenters. The second kappa shape index (κ2) is 13.7. The highest BCUT2D eigenvalue weighted by atomic mass is 35.5. The zero-order chi connectivity index (χ0) is 39.2. The minimum absolute atomic E-state index is 0. The molecule has 3 saturated carbocycles. The molecule has 0 radical (unpaired) electrons. The second-order valence-electron chi connectivity index (χ2n) is 17.5. The van der Waals surface area contributed by atoms with Gasteiger partial charge >= 0.3 is 22.5 Å². The van der Waals surface area contributed by atoms with Gasteiger partial charge in [0.05, 0.1) is 11.9 Å². The zero-order valence-corrected chi connectivity index (χ0v) is 33.4. The average Bonchev–Trinajstić information content (AvgIpc) is 3.39. The molecule has 0 atom stereocenters. The average molecular weight is 815 g/mol. The number of nitriles is 1. The summed E-state index contributed by atoms with van der Waals surface area (Å²) >= 11 is 0. The molecule has 9 rings (SSSR count). The number of hydrogen-bond donors (Lipinski definition) is 2. The van der Waals surface area contributed by atoms with Crippen molar-refractivity contribution >= 4 is 56.3 Å². The lowest BCUT2D eigenvalue weighted by molar-refractivity contribution is -0.151. The van der Waals surface area contributed by atoms with Crippen LogP contribution < -0.4 is 14.3 Å². The number of alkyl halides is 3. The number of aromatic nitrogens is 3. The normalized spacial score (nSPS) is 23.1. The Morgan fingerprint density at radius 1 is 1.02 bits per heavy atom. The molecule has 2 N–H and O–H groups in total. The lowest BCUT2D eigenvalue weighted by Crippen LogP contribution is -2.76. The number of hydrogen-bond acceptors (Lipinski definition) is 9. The molecule has 17 heteroatoms. The quantitative estimate of drug-likeness (QED) is 0.189. The first kappa shape index (κ1) is 40.0. The Bertz CT molecular complexity index is 2340. The minimum atomic E-state index is -4.28. The molecule has 1 spiro atoms. The summed E-state index contributed by atoms with van der Waals surface area (Å²) in [5.74, 6) is 0.695. The molecule has 2 aliphatic heterocycles. The number of benzene rings is 2. The summed E-state index contributed by atoms with van der Waals surface area (Å²) in [7, 11) is -4.10. The molecular weight excluding hydrogens is 769 g/mol. The van der Waals surface area contributed by atoms with Crippen LogP contribution in [0.4, 0.5) is 23.8 Å². The van der Waals surface area contributed by atoms with E-state index in [0.717, 1.165) is 62.0 Å². The van der Waals surface area contributed by atoms with Crippen LogP contribution in [-0.2, 0) is 34.5 Å². The standard InChI is InChI=1S/C39H45F3N8O4S.ClH/c1-25-27(17-48-11-9-36(10-12-48)21-49(22-36)33-30-13-26(15-39(40,41)42)5-7-31(30)44-24-45-33)6-8-32-29(25)14-28(16-43)50(32)23-37-18-38(19-37,20-37)47-55(52,53)46-34(51)54-35(2,3)4;/h5-8,13-14,24,47H,9-12,15,17-23H2,1-4H3,(H,46,51);1H. The molecule has 5 fully saturated rings. The topological polar surface area (TPSA) is 145 Å². The summed E-state index contributed by atoms with van der Waals surface area (Å²) < 4.78 is 76.4. The van der Waals surface area contributed by atoms with Crippen LogP contribution in [0.5, 0.6) is 0 Å². The van der Waals surface area contributed by atoms with Crippen molar-refractivity contribution in [3.63, 3.8) is 0 Å². The number of piperidine rings is 1. The Morgan fingerprint density at radius 2 is 1.71 bits per heavy atom. The molecule has 12 nitrogen and oxygen atoms in total. The summed E-state index contributed by atoms with van der Waals surface area (Å²) in [6, 6.07) is 13.3. The predicted molar refractivity (Wildman–Crippen MR) is 208 cm³/mol. The lowest BCUT2D eigenvalue weighted by atomic mass is 9.40. The first-order chi connectivity index (χ1) is 25.8. The molecule has 5 aliphatic rings. The number of amides is 1. The number of halogens is 4.